The van der Waals surface area contributed by atoms with Crippen molar-refractivity contribution >= 4 is 41.2 Å². The van der Waals surface area contributed by atoms with Crippen LogP contribution in [0.5, 0.6) is 5.88 Å². The molecule has 2 heterocycles. The number of likely N-dealkylation sites (N-methyl/N-ethyl adjacent to an activating group) is 1. The highest BCUT2D eigenvalue weighted by Gasteiger charge is 2.37. The van der Waals surface area contributed by atoms with Gasteiger partial charge in [-0.3, -0.25) is 23.7 Å². The quantitative estimate of drug-likeness (QED) is 0.0266. The molecular weight excluding hydrogens is 1010 g/mol. The fourth-order valence-corrected chi connectivity index (χ4v) is 11.3. The third-order valence-electron chi connectivity index (χ3n) is 16.2. The molecule has 1 aromatic rings. The van der Waals surface area contributed by atoms with Crippen LogP contribution in [-0.2, 0) is 38.1 Å². The first-order chi connectivity index (χ1) is 38.5. The van der Waals surface area contributed by atoms with Gasteiger partial charge in [-0.15, -0.1) is 4.37 Å². The molecule has 79 heavy (non-hydrogen) atoms. The summed E-state index contributed by atoms with van der Waals surface area (Å²) in [5.74, 6) is -0.168. The van der Waals surface area contributed by atoms with Crippen LogP contribution in [0.3, 0.4) is 0 Å². The van der Waals surface area contributed by atoms with Crippen molar-refractivity contribution in [2.24, 2.45) is 5.92 Å². The number of nitrogens with zero attached hydrogens (tertiary/aromatic N) is 3. The molecule has 1 aliphatic heterocycles. The van der Waals surface area contributed by atoms with Gasteiger partial charge in [0.2, 0.25) is 6.23 Å². The number of hydrogen-bond donors (Lipinski definition) is 0. The lowest BCUT2D eigenvalue weighted by Crippen LogP contribution is -2.55. The van der Waals surface area contributed by atoms with Gasteiger partial charge in [-0.2, -0.15) is 4.37 Å². The number of hydrogen-bond acceptors (Lipinski definition) is 12. The third kappa shape index (κ3) is 39.1. The van der Waals surface area contributed by atoms with Crippen molar-refractivity contribution in [2.45, 2.75) is 329 Å². The Hall–Kier alpha value is -3.06. The largest absolute Gasteiger partial charge is 0.475 e. The van der Waals surface area contributed by atoms with Crippen LogP contribution < -0.4 is 4.74 Å². The van der Waals surface area contributed by atoms with E-state index >= 15 is 0 Å². The molecule has 3 atom stereocenters. The summed E-state index contributed by atoms with van der Waals surface area (Å²) in [6.45, 7) is 13.0. The fourth-order valence-electron chi connectivity index (χ4n) is 10.7. The molecule has 3 unspecified atom stereocenters. The van der Waals surface area contributed by atoms with Crippen molar-refractivity contribution in [1.29, 1.82) is 0 Å². The topological polar surface area (TPSA) is 140 Å². The van der Waals surface area contributed by atoms with Gasteiger partial charge in [0.25, 0.3) is 5.88 Å². The molecule has 0 bridgehead atoms. The van der Waals surface area contributed by atoms with Crippen molar-refractivity contribution in [3.05, 3.63) is 11.8 Å². The van der Waals surface area contributed by atoms with Crippen LogP contribution in [0.2, 0.25) is 0 Å². The third-order valence-corrected chi connectivity index (χ3v) is 16.7. The SMILES string of the molecule is CCCCCCCCCCCCCCCC(=O)OCC(COC(=O)CCCCCCCCCCCCCCC)OC(=O)CCCCCCCCCCC(C)CC(=O)OC(C)[N+]1(C)CCC=C(c2nsnc2OCCCCCC)C1. The minimum absolute atomic E-state index is 0.0985. The summed E-state index contributed by atoms with van der Waals surface area (Å²) >= 11 is 1.19. The van der Waals surface area contributed by atoms with Gasteiger partial charge in [0.1, 0.15) is 25.5 Å². The molecular formula is C66H120N3O9S+. The van der Waals surface area contributed by atoms with E-state index in [1.165, 1.54) is 153 Å². The van der Waals surface area contributed by atoms with Crippen molar-refractivity contribution in [2.75, 3.05) is 40.0 Å². The van der Waals surface area contributed by atoms with Crippen LogP contribution in [0.4, 0.5) is 0 Å². The summed E-state index contributed by atoms with van der Waals surface area (Å²) in [5, 5.41) is 0. The van der Waals surface area contributed by atoms with E-state index in [-0.39, 0.29) is 55.7 Å². The van der Waals surface area contributed by atoms with E-state index in [9.17, 15) is 19.2 Å². The molecule has 0 fully saturated rings. The zero-order valence-electron chi connectivity index (χ0n) is 51.9. The Kier molecular flexibility index (Phi) is 45.2. The molecule has 0 amide bonds. The maximum atomic E-state index is 13.1. The van der Waals surface area contributed by atoms with Gasteiger partial charge in [-0.05, 0) is 31.6 Å². The molecule has 0 aliphatic carbocycles. The van der Waals surface area contributed by atoms with E-state index in [1.54, 1.807) is 0 Å². The highest BCUT2D eigenvalue weighted by atomic mass is 32.1. The number of carbonyl (C=O) groups is 4. The van der Waals surface area contributed by atoms with E-state index < -0.39 is 6.10 Å². The number of quaternary nitrogens is 1. The molecule has 0 spiro atoms. The molecule has 0 radical (unpaired) electrons. The fraction of sp³-hybridized carbons (Fsp3) is 0.879. The van der Waals surface area contributed by atoms with Crippen LogP contribution in [0.1, 0.15) is 323 Å². The Morgan fingerprint density at radius 1 is 0.506 bits per heavy atom. The lowest BCUT2D eigenvalue weighted by molar-refractivity contribution is -0.944. The van der Waals surface area contributed by atoms with Gasteiger partial charge in [0.15, 0.2) is 6.10 Å². The van der Waals surface area contributed by atoms with Crippen molar-refractivity contribution in [1.82, 2.24) is 8.75 Å². The normalized spacial score (nSPS) is 15.2. The van der Waals surface area contributed by atoms with Crippen LogP contribution in [0.15, 0.2) is 6.08 Å². The second-order valence-electron chi connectivity index (χ2n) is 23.9. The van der Waals surface area contributed by atoms with Crippen molar-refractivity contribution in [3.8, 4) is 5.88 Å². The predicted octanol–water partition coefficient (Wildman–Crippen LogP) is 18.5. The first-order valence-corrected chi connectivity index (χ1v) is 33.9. The Labute approximate surface area is 488 Å². The highest BCUT2D eigenvalue weighted by Crippen LogP contribution is 2.32. The van der Waals surface area contributed by atoms with Gasteiger partial charge >= 0.3 is 23.9 Å². The maximum absolute atomic E-state index is 13.1. The number of aromatic nitrogens is 2. The summed E-state index contributed by atoms with van der Waals surface area (Å²) in [6, 6.07) is 0. The monoisotopic (exact) mass is 1130 g/mol. The molecule has 458 valence electrons. The molecule has 2 rings (SSSR count). The van der Waals surface area contributed by atoms with Crippen molar-refractivity contribution in [3.63, 3.8) is 0 Å². The van der Waals surface area contributed by atoms with Gasteiger partial charge in [0, 0.05) is 44.6 Å². The molecule has 0 N–H and O–H groups in total. The number of unbranched alkanes of at least 4 members (excludes halogenated alkanes) is 34. The van der Waals surface area contributed by atoms with Crippen LogP contribution in [0.25, 0.3) is 5.57 Å². The molecule has 0 saturated heterocycles. The summed E-state index contributed by atoms with van der Waals surface area (Å²) in [6.07, 6.45) is 49.7. The lowest BCUT2D eigenvalue weighted by Gasteiger charge is -2.41. The van der Waals surface area contributed by atoms with E-state index in [0.29, 0.717) is 42.8 Å². The second kappa shape index (κ2) is 49.5. The first-order valence-electron chi connectivity index (χ1n) is 33.2. The summed E-state index contributed by atoms with van der Waals surface area (Å²) in [7, 11) is 2.16. The number of carbonyl (C=O) groups excluding carboxylic acids is 4. The molecule has 13 heteroatoms. The molecule has 0 saturated carbocycles. The van der Waals surface area contributed by atoms with E-state index in [2.05, 4.69) is 49.6 Å². The van der Waals surface area contributed by atoms with Crippen LogP contribution in [-0.4, -0.2) is 89.4 Å². The van der Waals surface area contributed by atoms with Gasteiger partial charge in [-0.1, -0.05) is 258 Å². The predicted molar refractivity (Wildman–Crippen MR) is 326 cm³/mol. The lowest BCUT2D eigenvalue weighted by atomic mass is 9.99. The number of esters is 4. The first kappa shape index (κ1) is 72.0. The minimum atomic E-state index is -0.807. The maximum Gasteiger partial charge on any atom is 0.310 e. The second-order valence-corrected chi connectivity index (χ2v) is 24.5. The van der Waals surface area contributed by atoms with E-state index in [4.69, 9.17) is 23.7 Å². The van der Waals surface area contributed by atoms with E-state index in [1.807, 2.05) is 6.92 Å². The van der Waals surface area contributed by atoms with Gasteiger partial charge < -0.3 is 23.7 Å². The molecule has 12 nitrogen and oxygen atoms in total. The van der Waals surface area contributed by atoms with Crippen LogP contribution in [0, 0.1) is 5.92 Å². The Morgan fingerprint density at radius 2 is 0.911 bits per heavy atom. The summed E-state index contributed by atoms with van der Waals surface area (Å²) in [4.78, 5) is 51.5. The average Bonchev–Trinajstić information content (AvgIpc) is 3.92. The van der Waals surface area contributed by atoms with Gasteiger partial charge in [0.05, 0.1) is 31.9 Å². The standard InChI is InChI=1S/C66H120N3O9S/c1-7-10-13-16-18-20-22-24-26-28-33-37-41-48-61(70)75-55-60(56-76-62(71)49-42-38-34-29-27-25-23-21-19-17-14-11-8-2)78-63(72)50-43-39-35-31-30-32-36-40-46-57(4)53-64(73)77-58(5)69(6)51-45-47-59(54-69)65-66(68-79-67-65)74-52-44-15-12-9-3/h47,57-58,60H,7-46,48-56H2,1-6H3/q+1. The Bertz CT molecular complexity index is 1640. The number of ether oxygens (including phenoxy) is 5. The summed E-state index contributed by atoms with van der Waals surface area (Å²) < 4.78 is 38.7. The zero-order valence-corrected chi connectivity index (χ0v) is 52.7. The number of rotatable bonds is 55. The molecule has 0 aromatic carbocycles. The van der Waals surface area contributed by atoms with Crippen molar-refractivity contribution < 1.29 is 47.3 Å². The Morgan fingerprint density at radius 3 is 1.37 bits per heavy atom. The molecule has 1 aliphatic rings. The van der Waals surface area contributed by atoms with Crippen LogP contribution >= 0.6 is 11.7 Å². The van der Waals surface area contributed by atoms with Gasteiger partial charge in [-0.25, -0.2) is 0 Å². The van der Waals surface area contributed by atoms with E-state index in [0.717, 1.165) is 133 Å². The highest BCUT2D eigenvalue weighted by molar-refractivity contribution is 6.99. The zero-order chi connectivity index (χ0) is 57.3. The molecule has 1 aromatic heterocycles. The summed E-state index contributed by atoms with van der Waals surface area (Å²) in [5.41, 5.74) is 1.95. The smallest absolute Gasteiger partial charge is 0.310 e. The average molecular weight is 1130 g/mol. The minimum Gasteiger partial charge on any atom is -0.475 e. The Balaban J connectivity index is 1.63.